The molecule has 10 nitrogen and oxygen atoms in total. The standard InChI is InChI=1S/C24H15N7O3/c32-24(19-14-21(34-30-19)20-2-1-13-33-20)26-17-5-3-15(4-6-17)18-7-8-22-27-28-23(31(22)29-18)16-9-11-25-12-10-16/h1-14H,(H,26,32). The predicted molar refractivity (Wildman–Crippen MR) is 122 cm³/mol. The Morgan fingerprint density at radius 2 is 1.74 bits per heavy atom. The smallest absolute Gasteiger partial charge is 0.277 e. The SMILES string of the molecule is O=C(Nc1ccc(-c2ccc3nnc(-c4ccncc4)n3n2)cc1)c1cc(-c2ccco2)on1. The lowest BCUT2D eigenvalue weighted by Gasteiger charge is -2.06. The first-order valence-electron chi connectivity index (χ1n) is 10.3. The van der Waals surface area contributed by atoms with Crippen molar-refractivity contribution >= 4 is 17.2 Å². The highest BCUT2D eigenvalue weighted by atomic mass is 16.5. The number of anilines is 1. The number of pyridine rings is 1. The molecule has 1 aromatic carbocycles. The molecule has 5 aromatic heterocycles. The number of carbonyl (C=O) groups excluding carboxylic acids is 1. The fourth-order valence-electron chi connectivity index (χ4n) is 3.46. The third kappa shape index (κ3) is 3.58. The summed E-state index contributed by atoms with van der Waals surface area (Å²) in [5, 5.41) is 19.8. The van der Waals surface area contributed by atoms with Crippen LogP contribution in [0, 0.1) is 0 Å². The second kappa shape index (κ2) is 8.10. The Balaban J connectivity index is 1.22. The van der Waals surface area contributed by atoms with E-state index in [1.54, 1.807) is 41.2 Å². The molecule has 6 rings (SSSR count). The van der Waals surface area contributed by atoms with Gasteiger partial charge in [0.25, 0.3) is 5.91 Å². The molecule has 164 valence electrons. The molecule has 0 saturated heterocycles. The number of fused-ring (bicyclic) bond motifs is 1. The summed E-state index contributed by atoms with van der Waals surface area (Å²) in [5.41, 5.74) is 3.88. The van der Waals surface area contributed by atoms with Crippen molar-refractivity contribution in [3.05, 3.63) is 91.1 Å². The molecule has 34 heavy (non-hydrogen) atoms. The van der Waals surface area contributed by atoms with Crippen molar-refractivity contribution in [1.29, 1.82) is 0 Å². The Kier molecular flexibility index (Phi) is 4.66. The predicted octanol–water partition coefficient (Wildman–Crippen LogP) is 4.35. The number of nitrogens with one attached hydrogen (secondary N) is 1. The van der Waals surface area contributed by atoms with Crippen LogP contribution in [-0.2, 0) is 0 Å². The molecule has 0 aliphatic heterocycles. The normalized spacial score (nSPS) is 11.1. The van der Waals surface area contributed by atoms with E-state index in [0.29, 0.717) is 28.7 Å². The van der Waals surface area contributed by atoms with E-state index in [9.17, 15) is 4.79 Å². The number of carbonyl (C=O) groups is 1. The van der Waals surface area contributed by atoms with Gasteiger partial charge in [-0.2, -0.15) is 9.61 Å². The van der Waals surface area contributed by atoms with E-state index in [1.165, 1.54) is 12.3 Å². The topological polar surface area (TPSA) is 124 Å². The third-order valence-electron chi connectivity index (χ3n) is 5.15. The molecule has 5 heterocycles. The fourth-order valence-corrected chi connectivity index (χ4v) is 3.46. The van der Waals surface area contributed by atoms with E-state index >= 15 is 0 Å². The maximum absolute atomic E-state index is 12.5. The minimum atomic E-state index is -0.389. The second-order valence-electron chi connectivity index (χ2n) is 7.33. The van der Waals surface area contributed by atoms with Crippen molar-refractivity contribution in [1.82, 2.24) is 30.0 Å². The molecule has 0 fully saturated rings. The van der Waals surface area contributed by atoms with Gasteiger partial charge in [-0.15, -0.1) is 10.2 Å². The minimum Gasteiger partial charge on any atom is -0.461 e. The van der Waals surface area contributed by atoms with E-state index in [-0.39, 0.29) is 11.6 Å². The molecule has 10 heteroatoms. The summed E-state index contributed by atoms with van der Waals surface area (Å²) in [4.78, 5) is 16.6. The maximum atomic E-state index is 12.5. The molecule has 0 saturated carbocycles. The third-order valence-corrected chi connectivity index (χ3v) is 5.15. The van der Waals surface area contributed by atoms with Crippen LogP contribution in [0.1, 0.15) is 10.5 Å². The minimum absolute atomic E-state index is 0.152. The molecule has 0 aliphatic rings. The van der Waals surface area contributed by atoms with E-state index in [1.807, 2.05) is 36.4 Å². The summed E-state index contributed by atoms with van der Waals surface area (Å²) in [6, 6.07) is 19.8. The number of hydrogen-bond acceptors (Lipinski definition) is 8. The Bertz CT molecular complexity index is 1590. The number of rotatable bonds is 5. The Morgan fingerprint density at radius 3 is 2.53 bits per heavy atom. The summed E-state index contributed by atoms with van der Waals surface area (Å²) >= 11 is 0. The van der Waals surface area contributed by atoms with E-state index in [2.05, 4.69) is 25.7 Å². The van der Waals surface area contributed by atoms with Gasteiger partial charge < -0.3 is 14.3 Å². The Hall–Kier alpha value is -5.12. The summed E-state index contributed by atoms with van der Waals surface area (Å²) < 4.78 is 12.1. The molecule has 0 bridgehead atoms. The van der Waals surface area contributed by atoms with E-state index < -0.39 is 0 Å². The number of hydrogen-bond donors (Lipinski definition) is 1. The van der Waals surface area contributed by atoms with Crippen LogP contribution >= 0.6 is 0 Å². The van der Waals surface area contributed by atoms with Gasteiger partial charge in [-0.05, 0) is 48.5 Å². The van der Waals surface area contributed by atoms with E-state index in [0.717, 1.165) is 16.8 Å². The molecule has 0 radical (unpaired) electrons. The van der Waals surface area contributed by atoms with Gasteiger partial charge in [0.05, 0.1) is 12.0 Å². The van der Waals surface area contributed by atoms with Gasteiger partial charge in [-0.25, -0.2) is 0 Å². The summed E-state index contributed by atoms with van der Waals surface area (Å²) in [6.45, 7) is 0. The van der Waals surface area contributed by atoms with Crippen LogP contribution in [0.5, 0.6) is 0 Å². The lowest BCUT2D eigenvalue weighted by molar-refractivity contribution is 0.101. The van der Waals surface area contributed by atoms with Gasteiger partial charge in [-0.1, -0.05) is 17.3 Å². The van der Waals surface area contributed by atoms with Gasteiger partial charge in [0, 0.05) is 35.3 Å². The number of aromatic nitrogens is 6. The lowest BCUT2D eigenvalue weighted by Crippen LogP contribution is -2.12. The van der Waals surface area contributed by atoms with Gasteiger partial charge in [0.2, 0.25) is 5.76 Å². The van der Waals surface area contributed by atoms with Crippen molar-refractivity contribution < 1.29 is 13.7 Å². The highest BCUT2D eigenvalue weighted by molar-refractivity contribution is 6.03. The fraction of sp³-hybridized carbons (Fsp3) is 0. The number of amides is 1. The van der Waals surface area contributed by atoms with Crippen LogP contribution in [0.15, 0.2) is 94.3 Å². The first kappa shape index (κ1) is 19.6. The molecule has 0 unspecified atom stereocenters. The second-order valence-corrected chi connectivity index (χ2v) is 7.33. The quantitative estimate of drug-likeness (QED) is 0.412. The molecular formula is C24H15N7O3. The molecule has 1 amide bonds. The molecular weight excluding hydrogens is 434 g/mol. The van der Waals surface area contributed by atoms with Crippen LogP contribution in [-0.4, -0.2) is 35.9 Å². The average Bonchev–Trinajstić information content (AvgIpc) is 3.65. The molecule has 0 aliphatic carbocycles. The maximum Gasteiger partial charge on any atom is 0.277 e. The summed E-state index contributed by atoms with van der Waals surface area (Å²) in [6.07, 6.45) is 4.92. The van der Waals surface area contributed by atoms with Gasteiger partial charge in [0.15, 0.2) is 22.9 Å². The van der Waals surface area contributed by atoms with Crippen molar-refractivity contribution in [2.45, 2.75) is 0 Å². The largest absolute Gasteiger partial charge is 0.461 e. The van der Waals surface area contributed by atoms with Crippen LogP contribution in [0.4, 0.5) is 5.69 Å². The van der Waals surface area contributed by atoms with Gasteiger partial charge in [-0.3, -0.25) is 9.78 Å². The average molecular weight is 449 g/mol. The Morgan fingerprint density at radius 1 is 0.882 bits per heavy atom. The van der Waals surface area contributed by atoms with Crippen molar-refractivity contribution in [3.63, 3.8) is 0 Å². The Labute approximate surface area is 191 Å². The summed E-state index contributed by atoms with van der Waals surface area (Å²) in [7, 11) is 0. The number of furan rings is 1. The zero-order valence-electron chi connectivity index (χ0n) is 17.5. The lowest BCUT2D eigenvalue weighted by atomic mass is 10.1. The summed E-state index contributed by atoms with van der Waals surface area (Å²) in [5.74, 6) is 1.12. The van der Waals surface area contributed by atoms with Gasteiger partial charge >= 0.3 is 0 Å². The first-order valence-corrected chi connectivity index (χ1v) is 10.3. The highest BCUT2D eigenvalue weighted by Crippen LogP contribution is 2.24. The van der Waals surface area contributed by atoms with Gasteiger partial charge in [0.1, 0.15) is 0 Å². The number of nitrogens with zero attached hydrogens (tertiary/aromatic N) is 6. The van der Waals surface area contributed by atoms with E-state index in [4.69, 9.17) is 14.0 Å². The highest BCUT2D eigenvalue weighted by Gasteiger charge is 2.16. The monoisotopic (exact) mass is 449 g/mol. The first-order chi connectivity index (χ1) is 16.7. The van der Waals surface area contributed by atoms with Crippen LogP contribution in [0.3, 0.4) is 0 Å². The molecule has 1 N–H and O–H groups in total. The number of benzene rings is 1. The van der Waals surface area contributed by atoms with Crippen LogP contribution in [0.25, 0.3) is 39.8 Å². The molecule has 6 aromatic rings. The molecule has 0 atom stereocenters. The zero-order valence-corrected chi connectivity index (χ0v) is 17.5. The van der Waals surface area contributed by atoms with Crippen molar-refractivity contribution in [3.8, 4) is 34.2 Å². The molecule has 0 spiro atoms. The van der Waals surface area contributed by atoms with Crippen LogP contribution < -0.4 is 5.32 Å². The van der Waals surface area contributed by atoms with Crippen molar-refractivity contribution in [2.75, 3.05) is 5.32 Å². The van der Waals surface area contributed by atoms with Crippen molar-refractivity contribution in [2.24, 2.45) is 0 Å². The van der Waals surface area contributed by atoms with Crippen LogP contribution in [0.2, 0.25) is 0 Å². The zero-order chi connectivity index (χ0) is 22.9.